The fourth-order valence-corrected chi connectivity index (χ4v) is 33.0. The van der Waals surface area contributed by atoms with Gasteiger partial charge in [-0.2, -0.15) is 0 Å². The fourth-order valence-electron chi connectivity index (χ4n) is 28.7. The van der Waals surface area contributed by atoms with Crippen LogP contribution in [0.25, 0.3) is 0 Å². The van der Waals surface area contributed by atoms with Crippen molar-refractivity contribution in [1.29, 1.82) is 0 Å². The number of halogens is 2. The summed E-state index contributed by atoms with van der Waals surface area (Å²) in [5, 5.41) is 60.5. The number of ether oxygens (including phenoxy) is 6. The minimum absolute atomic E-state index is 0. The summed E-state index contributed by atoms with van der Waals surface area (Å²) in [6, 6.07) is 0. The zero-order chi connectivity index (χ0) is 106. The molecule has 14 aliphatic rings. The Kier molecular flexibility index (Phi) is 70.0. The molecule has 6 N–H and O–H groups in total. The van der Waals surface area contributed by atoms with E-state index in [0.29, 0.717) is 146 Å². The van der Waals surface area contributed by atoms with Gasteiger partial charge in [0.1, 0.15) is 12.7 Å². The number of allylic oxidation sites excluding steroid dienone is 4. The van der Waals surface area contributed by atoms with Crippen molar-refractivity contribution < 1.29 is 128 Å². The zero-order valence-electron chi connectivity index (χ0n) is 90.4. The van der Waals surface area contributed by atoms with Gasteiger partial charge in [0.2, 0.25) is 0 Å². The molecule has 0 radical (unpaired) electrons. The van der Waals surface area contributed by atoms with E-state index in [9.17, 15) is 35.1 Å². The predicted octanol–water partition coefficient (Wildman–Crippen LogP) is 28.2. The Morgan fingerprint density at radius 2 is 0.635 bits per heavy atom. The Labute approximate surface area is 942 Å². The van der Waals surface area contributed by atoms with Crippen LogP contribution in [0.4, 0.5) is 0 Å². The maximum absolute atomic E-state index is 11.5. The lowest BCUT2D eigenvalue weighted by Crippen LogP contribution is -2.27. The van der Waals surface area contributed by atoms with Gasteiger partial charge in [-0.05, 0) is 314 Å². The highest BCUT2D eigenvalue weighted by atomic mass is 35.5. The summed E-state index contributed by atoms with van der Waals surface area (Å²) < 4.78 is 89.1. The van der Waals surface area contributed by atoms with Gasteiger partial charge in [-0.25, -0.2) is 4.79 Å². The highest BCUT2D eigenvalue weighted by Crippen LogP contribution is 2.53. The number of hydrogen-bond acceptors (Lipinski definition) is 23. The van der Waals surface area contributed by atoms with Crippen molar-refractivity contribution in [3.63, 3.8) is 0 Å². The second-order valence-electron chi connectivity index (χ2n) is 45.6. The topological polar surface area (TPSA) is 303 Å². The molecule has 0 aromatic heterocycles. The van der Waals surface area contributed by atoms with Crippen LogP contribution in [-0.2, 0) is 83.2 Å². The maximum atomic E-state index is 11.5. The van der Waals surface area contributed by atoms with Crippen LogP contribution < -0.4 is 0 Å². The van der Waals surface area contributed by atoms with E-state index >= 15 is 0 Å². The smallest absolute Gasteiger partial charge is 0.329 e. The number of fused-ring (bicyclic) bond motifs is 2. The molecule has 41 atom stereocenters. The van der Waals surface area contributed by atoms with E-state index in [1.807, 2.05) is 39.0 Å². The molecule has 26 unspecified atom stereocenters. The molecule has 24 nitrogen and oxygen atoms in total. The van der Waals surface area contributed by atoms with Crippen LogP contribution in [0.3, 0.4) is 0 Å². The molecule has 148 heavy (non-hydrogen) atoms. The van der Waals surface area contributed by atoms with Gasteiger partial charge in [0.25, 0.3) is 0 Å². The van der Waals surface area contributed by atoms with E-state index in [2.05, 4.69) is 125 Å². The quantitative estimate of drug-likeness (QED) is 0.0108. The van der Waals surface area contributed by atoms with Crippen LogP contribution in [0.15, 0.2) is 48.6 Å². The Morgan fingerprint density at radius 1 is 0.345 bits per heavy atom. The summed E-state index contributed by atoms with van der Waals surface area (Å²) in [6.45, 7) is 10.2. The van der Waals surface area contributed by atoms with Gasteiger partial charge in [-0.3, -0.25) is 4.79 Å². The van der Waals surface area contributed by atoms with Crippen molar-refractivity contribution in [2.75, 3.05) is 52.9 Å². The number of alkyl halides is 2. The summed E-state index contributed by atoms with van der Waals surface area (Å²) in [4.78, 5) is 22.0. The third kappa shape index (κ3) is 45.2. The Hall–Kier alpha value is 1.98. The van der Waals surface area contributed by atoms with Gasteiger partial charge < -0.3 is 104 Å². The molecule has 2 heterocycles. The normalized spacial score (nSPS) is 33.8. The Morgan fingerprint density at radius 3 is 0.986 bits per heavy atom. The highest BCUT2D eigenvalue weighted by molar-refractivity contribution is 7.11. The number of carbonyl (C=O) groups excluding carboxylic acids is 1. The van der Waals surface area contributed by atoms with E-state index in [-0.39, 0.29) is 141 Å². The molecule has 2 saturated heterocycles. The fraction of sp³-hybridized carbons (Fsp3) is 0.911. The van der Waals surface area contributed by atoms with E-state index in [1.54, 1.807) is 0 Å². The van der Waals surface area contributed by atoms with Gasteiger partial charge in [-0.1, -0.05) is 164 Å². The second-order valence-corrected chi connectivity index (χ2v) is 49.4. The highest BCUT2D eigenvalue weighted by Gasteiger charge is 2.53. The van der Waals surface area contributed by atoms with Crippen molar-refractivity contribution >= 4 is 130 Å². The zero-order valence-corrected chi connectivity index (χ0v) is 103. The number of carboxylic acid groups (broad SMARTS) is 1. The van der Waals surface area contributed by atoms with Crippen molar-refractivity contribution in [1.82, 2.24) is 0 Å². The molecule has 14 rings (SSSR count). The molecular formula is C112H224Cl2O24P10. The van der Waals surface area contributed by atoms with Crippen molar-refractivity contribution in [3.05, 3.63) is 48.6 Å². The molecule has 12 saturated carbocycles. The Bertz CT molecular complexity index is 3520. The minimum Gasteiger partial charge on any atom is -0.480 e. The maximum Gasteiger partial charge on any atom is 0.329 e. The second kappa shape index (κ2) is 77.6. The lowest BCUT2D eigenvalue weighted by molar-refractivity contribution is -0.142. The first-order valence-electron chi connectivity index (χ1n) is 58.3. The summed E-state index contributed by atoms with van der Waals surface area (Å²) >= 11 is 13.2. The summed E-state index contributed by atoms with van der Waals surface area (Å²) in [6.07, 6.45) is 78.6. The van der Waals surface area contributed by atoms with Crippen molar-refractivity contribution in [2.24, 2.45) is 107 Å². The SMILES string of the molecule is CCOC/C=C\C[C@@H]1[C@@H](CC[C@@H](O)C2CCCCC2)[C@H](O)C[C@H]1Cl.CCOC/C=C\C[C@H]1C(Cl)CC(OP)[C@@H]1CCC(OP)C1CCCCC1.CCOC/C=C\C[C@H]1C(O)CC(OP)[C@@H]1CCC(OP)C1CCCCC1.O=C(O)COC/C=C\C[C@H]1C(O)CC(OP)[C@@H]1CCC(OP)C1CCCCC1.O=C1C[C@H]2C(CC(OP)[C@@H]2CCC(OP)C2CCCCC2)O1.OC1C[C@H]2C(CC(OP)[C@@H]2CCC(OP)C2CCCCC2)O1.[3HH].[3HH].[3HH].[3HH].[3HH].[3HH].[3HH].[3HH].[3HH].[3HH]. The van der Waals surface area contributed by atoms with Crippen LogP contribution in [0.5, 0.6) is 0 Å². The van der Waals surface area contributed by atoms with Gasteiger partial charge >= 0.3 is 11.9 Å². The summed E-state index contributed by atoms with van der Waals surface area (Å²) in [5.41, 5.74) is 0. The Balaban J connectivity index is 0. The monoisotopic (exact) mass is 2350 g/mol. The average Bonchev–Trinajstić information content (AvgIpc) is 1.64. The third-order valence-corrected chi connectivity index (χ3v) is 41.4. The van der Waals surface area contributed by atoms with Crippen molar-refractivity contribution in [2.45, 2.75) is 482 Å². The van der Waals surface area contributed by atoms with Gasteiger partial charge in [-0.15, -0.1) is 23.2 Å². The van der Waals surface area contributed by atoms with Gasteiger partial charge in [0.15, 0.2) is 6.29 Å². The number of rotatable bonds is 55. The van der Waals surface area contributed by atoms with Crippen LogP contribution in [0.1, 0.15) is 382 Å². The molecule has 0 amide bonds. The lowest BCUT2D eigenvalue weighted by Gasteiger charge is -2.31. The minimum atomic E-state index is -0.969. The predicted molar refractivity (Wildman–Crippen MR) is 648 cm³/mol. The van der Waals surface area contributed by atoms with Crippen LogP contribution in [-0.4, -0.2) is 210 Å². The third-order valence-electron chi connectivity index (χ3n) is 36.9. The molecule has 0 aromatic carbocycles. The number of aliphatic hydroxyl groups excluding tert-OH is 5. The number of aliphatic carboxylic acids is 1. The number of aliphatic hydroxyl groups is 5. The first kappa shape index (κ1) is 133. The number of esters is 1. The number of carboxylic acids is 1. The molecule has 14 fully saturated rings. The number of hydrogen-bond donors (Lipinski definition) is 6. The first-order chi connectivity index (χ1) is 72.1. The molecule has 0 bridgehead atoms. The molecule has 36 heteroatoms. The molecular weight excluding hydrogens is 2110 g/mol. The standard InChI is InChI=1S/C20H37ClO3P2.C20H35ClO3.C20H36O6P2.C20H38O4P2.C16H30O4P2.C16H28O4P2.10H2/c1-2-22-13-7-6-10-16-17(20(24-26)14-18(16)21)11-12-19(23-25)15-8-4-3-5-9-15;1-2-24-13-7-6-10-16-17(20(23)14-18(16)21)11-12-19(22)15-8-4-3-5-9-15;21-17-12-19(26-28)16(15(17)8-4-5-11-24-13-20(22)23)9-10-18(25-27)14-6-2-1-3-7-14;1-2-22-13-7-6-10-16-17(20(24-26)14-18(16)21)11-12-19(23-25)15-8-4-3-5-9-15;2*17-16-8-12-11(15(20-22)9-14(12)18-16)6-7-13(19-21)10-4-2-1-3-5-10;;;;;;;;;;/h6-7,15-20H,2-5,8-14,25-26H2,1H3;6-7,15-20,22-23H,2-5,8-14H2,1H3;4-5,14-19,21H,1-3,6-13,27-28H2,(H,22,23);6-7,15-21H,2-5,8-14,25-26H2,1H3;10-17H,1-9,21-22H2;10-15H,1-9,21-22H2;10*1H/b2*7-6-;5-4-;7-6-;;;;;;;;;;;;/t16-,17-,18?,19?,20?;16-,17-,18-,19-,20-;15-,16-,17?,18?,19?;16-,17-,18?,19?,20?;11-,12-,13?,14?,15?,16?;11-,12-,13?,14?,15?;;;;;;;;;;/m111111........../s1/i;;;;;;10*1+2. The average molecular weight is 2360 g/mol. The summed E-state index contributed by atoms with van der Waals surface area (Å²) in [7, 11) is 24.5. The van der Waals surface area contributed by atoms with E-state index < -0.39 is 12.3 Å². The van der Waals surface area contributed by atoms with E-state index in [1.165, 1.54) is 180 Å². The van der Waals surface area contributed by atoms with Crippen LogP contribution >= 0.6 is 118 Å². The molecule has 0 aromatic rings. The molecule has 0 spiro atoms. The first-order valence-corrected chi connectivity index (χ1v) is 63.9. The van der Waals surface area contributed by atoms with Crippen LogP contribution in [0.2, 0.25) is 0 Å². The molecule has 2 aliphatic heterocycles. The van der Waals surface area contributed by atoms with Crippen molar-refractivity contribution in [3.8, 4) is 0 Å². The molecule has 12 aliphatic carbocycles. The summed E-state index contributed by atoms with van der Waals surface area (Å²) in [5.74, 6) is 7.13. The van der Waals surface area contributed by atoms with E-state index in [4.69, 9.17) is 102 Å². The van der Waals surface area contributed by atoms with E-state index in [0.717, 1.165) is 167 Å². The van der Waals surface area contributed by atoms with Crippen LogP contribution in [0, 0.1) is 107 Å². The van der Waals surface area contributed by atoms with Gasteiger partial charge in [0, 0.05) is 178 Å². The molecule has 880 valence electrons. The largest absolute Gasteiger partial charge is 0.480 e. The lowest BCUT2D eigenvalue weighted by atomic mass is 9.80. The number of carbonyl (C=O) groups is 2. The van der Waals surface area contributed by atoms with Gasteiger partial charge in [0.05, 0.1) is 124 Å².